The predicted octanol–water partition coefficient (Wildman–Crippen LogP) is 2.52. The molecule has 0 bridgehead atoms. The van der Waals surface area contributed by atoms with E-state index in [0.29, 0.717) is 18.4 Å². The molecule has 2 aliphatic rings. The molecule has 2 aliphatic heterocycles. The van der Waals surface area contributed by atoms with Crippen LogP contribution in [0.15, 0.2) is 27.9 Å². The van der Waals surface area contributed by atoms with Crippen molar-refractivity contribution in [1.29, 1.82) is 0 Å². The lowest BCUT2D eigenvalue weighted by molar-refractivity contribution is -0.133. The molecule has 0 unspecified atom stereocenters. The van der Waals surface area contributed by atoms with Gasteiger partial charge in [0.1, 0.15) is 11.8 Å². The number of amides is 1. The average molecular weight is 289 g/mol. The predicted molar refractivity (Wildman–Crippen MR) is 80.8 cm³/mol. The Balaban J connectivity index is 2.04. The monoisotopic (exact) mass is 289 g/mol. The van der Waals surface area contributed by atoms with Crippen molar-refractivity contribution < 1.29 is 9.21 Å². The Hall–Kier alpha value is -1.62. The van der Waals surface area contributed by atoms with Crippen molar-refractivity contribution in [3.05, 3.63) is 24.2 Å². The fraction of sp³-hybridized carbons (Fsp3) is 0.625. The summed E-state index contributed by atoms with van der Waals surface area (Å²) in [6.45, 7) is 7.26. The average Bonchev–Trinajstić information content (AvgIpc) is 3.10. The van der Waals surface area contributed by atoms with Gasteiger partial charge in [-0.1, -0.05) is 13.8 Å². The van der Waals surface area contributed by atoms with Gasteiger partial charge in [-0.05, 0) is 26.1 Å². The van der Waals surface area contributed by atoms with E-state index < -0.39 is 0 Å². The van der Waals surface area contributed by atoms with Crippen LogP contribution in [-0.2, 0) is 4.79 Å². The molecule has 114 valence electrons. The summed E-state index contributed by atoms with van der Waals surface area (Å²) in [5.74, 6) is 1.46. The molecular weight excluding hydrogens is 266 g/mol. The van der Waals surface area contributed by atoms with Crippen LogP contribution >= 0.6 is 0 Å². The highest BCUT2D eigenvalue weighted by molar-refractivity contribution is 5.94. The van der Waals surface area contributed by atoms with E-state index in [1.54, 1.807) is 11.3 Å². The molecular formula is C16H23N3O2. The first-order chi connectivity index (χ1) is 10.0. The van der Waals surface area contributed by atoms with Crippen molar-refractivity contribution in [2.45, 2.75) is 39.3 Å². The van der Waals surface area contributed by atoms with E-state index in [1.807, 2.05) is 19.1 Å². The van der Waals surface area contributed by atoms with Crippen molar-refractivity contribution in [2.24, 2.45) is 16.9 Å². The van der Waals surface area contributed by atoms with Gasteiger partial charge in [-0.3, -0.25) is 4.79 Å². The fourth-order valence-corrected chi connectivity index (χ4v) is 3.60. The maximum Gasteiger partial charge on any atom is 0.243 e. The van der Waals surface area contributed by atoms with Crippen LogP contribution in [0.3, 0.4) is 0 Å². The largest absolute Gasteiger partial charge is 0.467 e. The van der Waals surface area contributed by atoms with Crippen molar-refractivity contribution >= 4 is 11.6 Å². The number of carbonyl (C=O) groups is 1. The van der Waals surface area contributed by atoms with E-state index in [9.17, 15) is 4.79 Å². The molecule has 1 fully saturated rings. The first kappa shape index (κ1) is 14.3. The first-order valence-corrected chi connectivity index (χ1v) is 7.68. The molecule has 0 N–H and O–H groups in total. The minimum absolute atomic E-state index is 0.0559. The third-order valence-corrected chi connectivity index (χ3v) is 4.84. The molecule has 1 aromatic rings. The summed E-state index contributed by atoms with van der Waals surface area (Å²) < 4.78 is 5.62. The highest BCUT2D eigenvalue weighted by Gasteiger charge is 2.49. The summed E-state index contributed by atoms with van der Waals surface area (Å²) in [6, 6.07) is 4.06. The number of nitrogens with zero attached hydrogens (tertiary/aromatic N) is 3. The molecule has 1 amide bonds. The normalized spacial score (nSPS) is 33.0. The summed E-state index contributed by atoms with van der Waals surface area (Å²) in [5.41, 5.74) is 1.14. The zero-order valence-electron chi connectivity index (χ0n) is 13.1. The molecule has 0 saturated carbocycles. The Kier molecular flexibility index (Phi) is 3.61. The van der Waals surface area contributed by atoms with Crippen LogP contribution in [0, 0.1) is 11.8 Å². The zero-order valence-corrected chi connectivity index (χ0v) is 13.1. The lowest BCUT2D eigenvalue weighted by atomic mass is 9.78. The first-order valence-electron chi connectivity index (χ1n) is 7.68. The second kappa shape index (κ2) is 5.30. The number of hydrogen-bond acceptors (Lipinski definition) is 4. The summed E-state index contributed by atoms with van der Waals surface area (Å²) in [7, 11) is 2.14. The number of fused-ring (bicyclic) bond motifs is 1. The van der Waals surface area contributed by atoms with Crippen LogP contribution < -0.4 is 0 Å². The Labute approximate surface area is 125 Å². The van der Waals surface area contributed by atoms with Crippen LogP contribution in [0.5, 0.6) is 0 Å². The Morgan fingerprint density at radius 3 is 2.86 bits per heavy atom. The molecule has 5 nitrogen and oxygen atoms in total. The number of likely N-dealkylation sites (tertiary alicyclic amines) is 1. The summed E-state index contributed by atoms with van der Waals surface area (Å²) in [6.07, 6.45) is 2.13. The number of hydrogen-bond donors (Lipinski definition) is 0. The van der Waals surface area contributed by atoms with E-state index >= 15 is 0 Å². The molecule has 0 aliphatic carbocycles. The smallest absolute Gasteiger partial charge is 0.243 e. The second-order valence-electron chi connectivity index (χ2n) is 6.18. The summed E-state index contributed by atoms with van der Waals surface area (Å²) in [5, 5.41) is 6.36. The van der Waals surface area contributed by atoms with Gasteiger partial charge in [-0.15, -0.1) is 0 Å². The molecule has 1 saturated heterocycles. The summed E-state index contributed by atoms with van der Waals surface area (Å²) >= 11 is 0. The molecule has 0 spiro atoms. The van der Waals surface area contributed by atoms with Gasteiger partial charge in [0.15, 0.2) is 0 Å². The maximum absolute atomic E-state index is 12.3. The fourth-order valence-electron chi connectivity index (χ4n) is 3.60. The standard InChI is InChI=1S/C16H23N3O2/c1-5-13(20)19-16(12-7-6-8-21-12)14-11(3)18(4)9-10(2)15(14)17-19/h6-8,10-11,14,16H,5,9H2,1-4H3/t10-,11+,14+,16-/m0/s1. The van der Waals surface area contributed by atoms with Gasteiger partial charge < -0.3 is 9.32 Å². The maximum atomic E-state index is 12.3. The third-order valence-electron chi connectivity index (χ3n) is 4.84. The third kappa shape index (κ3) is 2.20. The highest BCUT2D eigenvalue weighted by atomic mass is 16.3. The summed E-state index contributed by atoms with van der Waals surface area (Å²) in [4.78, 5) is 14.7. The minimum atomic E-state index is -0.109. The molecule has 3 heterocycles. The van der Waals surface area contributed by atoms with Gasteiger partial charge >= 0.3 is 0 Å². The van der Waals surface area contributed by atoms with Gasteiger partial charge in [0.2, 0.25) is 5.91 Å². The molecule has 1 aromatic heterocycles. The number of hydrazone groups is 1. The highest BCUT2D eigenvalue weighted by Crippen LogP contribution is 2.43. The van der Waals surface area contributed by atoms with E-state index in [1.165, 1.54) is 0 Å². The number of furan rings is 1. The van der Waals surface area contributed by atoms with Crippen molar-refractivity contribution in [2.75, 3.05) is 13.6 Å². The van der Waals surface area contributed by atoms with Crippen LogP contribution in [-0.4, -0.2) is 41.2 Å². The lowest BCUT2D eigenvalue weighted by Crippen LogP contribution is -2.51. The number of piperidine rings is 1. The van der Waals surface area contributed by atoms with Crippen LogP contribution in [0.2, 0.25) is 0 Å². The van der Waals surface area contributed by atoms with Crippen molar-refractivity contribution in [3.63, 3.8) is 0 Å². The van der Waals surface area contributed by atoms with Crippen LogP contribution in [0.4, 0.5) is 0 Å². The lowest BCUT2D eigenvalue weighted by Gasteiger charge is -2.40. The van der Waals surface area contributed by atoms with E-state index in [0.717, 1.165) is 18.0 Å². The van der Waals surface area contributed by atoms with Gasteiger partial charge in [0.05, 0.1) is 6.26 Å². The molecule has 4 atom stereocenters. The van der Waals surface area contributed by atoms with E-state index in [2.05, 4.69) is 25.8 Å². The van der Waals surface area contributed by atoms with Gasteiger partial charge in [-0.2, -0.15) is 5.10 Å². The Bertz CT molecular complexity index is 552. The molecule has 0 aromatic carbocycles. The Morgan fingerprint density at radius 1 is 1.48 bits per heavy atom. The van der Waals surface area contributed by atoms with E-state index in [-0.39, 0.29) is 17.9 Å². The van der Waals surface area contributed by atoms with Crippen molar-refractivity contribution in [1.82, 2.24) is 9.91 Å². The van der Waals surface area contributed by atoms with Gasteiger partial charge in [0, 0.05) is 36.6 Å². The quantitative estimate of drug-likeness (QED) is 0.840. The number of carbonyl (C=O) groups excluding carboxylic acids is 1. The van der Waals surface area contributed by atoms with Gasteiger partial charge in [-0.25, -0.2) is 5.01 Å². The molecule has 3 rings (SSSR count). The van der Waals surface area contributed by atoms with E-state index in [4.69, 9.17) is 9.52 Å². The SMILES string of the molecule is CCC(=O)N1N=C2[C@@H]([C@@H](C)N(C)C[C@@H]2C)[C@@H]1c1ccco1. The van der Waals surface area contributed by atoms with Crippen LogP contribution in [0.25, 0.3) is 0 Å². The molecule has 21 heavy (non-hydrogen) atoms. The minimum Gasteiger partial charge on any atom is -0.467 e. The molecule has 0 radical (unpaired) electrons. The molecule has 5 heteroatoms. The van der Waals surface area contributed by atoms with Gasteiger partial charge in [0.25, 0.3) is 0 Å². The van der Waals surface area contributed by atoms with Crippen molar-refractivity contribution in [3.8, 4) is 0 Å². The van der Waals surface area contributed by atoms with Crippen LogP contribution in [0.1, 0.15) is 39.0 Å². The topological polar surface area (TPSA) is 49.1 Å². The number of rotatable bonds is 2. The second-order valence-corrected chi connectivity index (χ2v) is 6.18. The Morgan fingerprint density at radius 2 is 2.24 bits per heavy atom. The zero-order chi connectivity index (χ0) is 15.1.